The molecule has 6 heteroatoms. The van der Waals surface area contributed by atoms with Gasteiger partial charge in [0, 0.05) is 12.2 Å². The molecule has 124 valence electrons. The van der Waals surface area contributed by atoms with Crippen molar-refractivity contribution in [3.8, 4) is 11.8 Å². The first-order chi connectivity index (χ1) is 11.8. The summed E-state index contributed by atoms with van der Waals surface area (Å²) in [7, 11) is 1.40. The molecule has 0 saturated carbocycles. The highest BCUT2D eigenvalue weighted by atomic mass is 16.6. The minimum Gasteiger partial charge on any atom is -0.452 e. The lowest BCUT2D eigenvalue weighted by atomic mass is 10.1. The van der Waals surface area contributed by atoms with Crippen molar-refractivity contribution in [3.05, 3.63) is 70.7 Å². The zero-order chi connectivity index (χ0) is 16.8. The van der Waals surface area contributed by atoms with E-state index < -0.39 is 5.76 Å². The first kappa shape index (κ1) is 15.9. The maximum absolute atomic E-state index is 11.8. The molecule has 3 rings (SSSR count). The van der Waals surface area contributed by atoms with Crippen LogP contribution in [0.15, 0.2) is 63.8 Å². The Balaban J connectivity index is 1.61. The number of aromatic nitrogens is 2. The molecule has 1 N–H and O–H groups in total. The second kappa shape index (κ2) is 7.50. The van der Waals surface area contributed by atoms with Crippen LogP contribution in [0, 0.1) is 0 Å². The summed E-state index contributed by atoms with van der Waals surface area (Å²) in [6, 6.07) is 17.8. The Labute approximate surface area is 139 Å². The number of rotatable bonds is 7. The molecule has 0 atom stereocenters. The van der Waals surface area contributed by atoms with Crippen LogP contribution in [-0.2, 0) is 6.42 Å². The maximum Gasteiger partial charge on any atom is 0.444 e. The number of hydrogen-bond acceptors (Lipinski definition) is 5. The number of anilines is 1. The van der Waals surface area contributed by atoms with E-state index in [-0.39, 0.29) is 6.08 Å². The second-order valence-electron chi connectivity index (χ2n) is 5.32. The Kier molecular flexibility index (Phi) is 4.96. The van der Waals surface area contributed by atoms with Gasteiger partial charge in [-0.3, -0.25) is 0 Å². The molecular formula is C18H19N3O3. The third-order valence-corrected chi connectivity index (χ3v) is 3.61. The molecule has 0 radical (unpaired) electrons. The summed E-state index contributed by atoms with van der Waals surface area (Å²) in [5.74, 6) is -0.576. The molecule has 0 fully saturated rings. The van der Waals surface area contributed by atoms with Gasteiger partial charge in [0.05, 0.1) is 12.8 Å². The molecule has 0 amide bonds. The van der Waals surface area contributed by atoms with E-state index in [9.17, 15) is 4.79 Å². The minimum absolute atomic E-state index is 0.0544. The van der Waals surface area contributed by atoms with E-state index in [0.717, 1.165) is 25.1 Å². The first-order valence-electron chi connectivity index (χ1n) is 7.78. The van der Waals surface area contributed by atoms with Crippen molar-refractivity contribution < 1.29 is 9.15 Å². The topological polar surface area (TPSA) is 69.3 Å². The van der Waals surface area contributed by atoms with Crippen LogP contribution in [0.2, 0.25) is 0 Å². The fourth-order valence-electron chi connectivity index (χ4n) is 2.42. The molecule has 1 aromatic heterocycles. The van der Waals surface area contributed by atoms with E-state index in [1.54, 1.807) is 6.07 Å². The van der Waals surface area contributed by atoms with Crippen LogP contribution in [0.4, 0.5) is 5.69 Å². The molecule has 0 spiro atoms. The second-order valence-corrected chi connectivity index (χ2v) is 5.32. The quantitative estimate of drug-likeness (QED) is 0.677. The lowest BCUT2D eigenvalue weighted by Gasteiger charge is -2.08. The summed E-state index contributed by atoms with van der Waals surface area (Å²) < 4.78 is 10.9. The molecule has 2 aromatic carbocycles. The standard InChI is InChI=1S/C18H19N3O3/c1-23-17-20-21(18(22)24-17)16-11-5-10-15(13-16)19-12-6-9-14-7-3-2-4-8-14/h2-5,7-8,10-11,13,19H,6,9,12H2,1H3. The summed E-state index contributed by atoms with van der Waals surface area (Å²) >= 11 is 0. The molecule has 0 unspecified atom stereocenters. The average Bonchev–Trinajstić information content (AvgIpc) is 3.01. The van der Waals surface area contributed by atoms with Crippen molar-refractivity contribution in [2.24, 2.45) is 0 Å². The lowest BCUT2D eigenvalue weighted by molar-refractivity contribution is 0.282. The molecule has 24 heavy (non-hydrogen) atoms. The monoisotopic (exact) mass is 325 g/mol. The Bertz CT molecular complexity index is 840. The number of nitrogens with one attached hydrogen (secondary N) is 1. The van der Waals surface area contributed by atoms with Crippen LogP contribution >= 0.6 is 0 Å². The summed E-state index contributed by atoms with van der Waals surface area (Å²) in [4.78, 5) is 11.8. The highest BCUT2D eigenvalue weighted by Gasteiger charge is 2.10. The summed E-state index contributed by atoms with van der Waals surface area (Å²) in [5.41, 5.74) is 2.88. The summed E-state index contributed by atoms with van der Waals surface area (Å²) in [6.07, 6.45) is 1.99. The number of hydrogen-bond donors (Lipinski definition) is 1. The number of benzene rings is 2. The van der Waals surface area contributed by atoms with E-state index in [0.29, 0.717) is 5.69 Å². The van der Waals surface area contributed by atoms with Gasteiger partial charge >= 0.3 is 11.8 Å². The average molecular weight is 325 g/mol. The molecular weight excluding hydrogens is 306 g/mol. The van der Waals surface area contributed by atoms with Crippen LogP contribution in [0.25, 0.3) is 5.69 Å². The van der Waals surface area contributed by atoms with Crippen LogP contribution in [-0.4, -0.2) is 23.4 Å². The van der Waals surface area contributed by atoms with Gasteiger partial charge in [-0.05, 0) is 36.6 Å². The van der Waals surface area contributed by atoms with Gasteiger partial charge in [0.25, 0.3) is 0 Å². The Morgan fingerprint density at radius 1 is 1.17 bits per heavy atom. The van der Waals surface area contributed by atoms with Gasteiger partial charge in [-0.1, -0.05) is 41.5 Å². The van der Waals surface area contributed by atoms with Crippen molar-refractivity contribution in [3.63, 3.8) is 0 Å². The molecule has 0 saturated heterocycles. The van der Waals surface area contributed by atoms with E-state index in [4.69, 9.17) is 9.15 Å². The van der Waals surface area contributed by atoms with E-state index in [2.05, 4.69) is 34.7 Å². The fourth-order valence-corrected chi connectivity index (χ4v) is 2.42. The zero-order valence-electron chi connectivity index (χ0n) is 13.4. The first-order valence-corrected chi connectivity index (χ1v) is 7.78. The smallest absolute Gasteiger partial charge is 0.444 e. The van der Waals surface area contributed by atoms with Crippen molar-refractivity contribution in [1.82, 2.24) is 9.78 Å². The third kappa shape index (κ3) is 3.84. The predicted molar refractivity (Wildman–Crippen MR) is 91.9 cm³/mol. The number of nitrogens with zero attached hydrogens (tertiary/aromatic N) is 2. The molecule has 3 aromatic rings. The molecule has 1 heterocycles. The predicted octanol–water partition coefficient (Wildman–Crippen LogP) is 2.88. The zero-order valence-corrected chi connectivity index (χ0v) is 13.4. The minimum atomic E-state index is -0.576. The number of aryl methyl sites for hydroxylation is 1. The van der Waals surface area contributed by atoms with Gasteiger partial charge in [-0.25, -0.2) is 4.79 Å². The van der Waals surface area contributed by atoms with Gasteiger partial charge in [0.2, 0.25) is 0 Å². The lowest BCUT2D eigenvalue weighted by Crippen LogP contribution is -2.13. The third-order valence-electron chi connectivity index (χ3n) is 3.61. The molecule has 6 nitrogen and oxygen atoms in total. The van der Waals surface area contributed by atoms with Crippen molar-refractivity contribution >= 4 is 5.69 Å². The van der Waals surface area contributed by atoms with Gasteiger partial charge < -0.3 is 14.5 Å². The van der Waals surface area contributed by atoms with E-state index >= 15 is 0 Å². The van der Waals surface area contributed by atoms with Crippen LogP contribution in [0.1, 0.15) is 12.0 Å². The van der Waals surface area contributed by atoms with Crippen LogP contribution in [0.3, 0.4) is 0 Å². The largest absolute Gasteiger partial charge is 0.452 e. The van der Waals surface area contributed by atoms with Gasteiger partial charge in [0.15, 0.2) is 0 Å². The van der Waals surface area contributed by atoms with Gasteiger partial charge in [-0.2, -0.15) is 4.68 Å². The summed E-state index contributed by atoms with van der Waals surface area (Å²) in [6.45, 7) is 0.843. The van der Waals surface area contributed by atoms with Crippen molar-refractivity contribution in [1.29, 1.82) is 0 Å². The maximum atomic E-state index is 11.8. The highest BCUT2D eigenvalue weighted by molar-refractivity contribution is 5.50. The van der Waals surface area contributed by atoms with Gasteiger partial charge in [-0.15, -0.1) is 0 Å². The Hall–Kier alpha value is -3.02. The SMILES string of the molecule is COc1nn(-c2cccc(NCCCc3ccccc3)c2)c(=O)o1. The molecule has 0 aliphatic heterocycles. The van der Waals surface area contributed by atoms with Crippen molar-refractivity contribution in [2.75, 3.05) is 19.0 Å². The fraction of sp³-hybridized carbons (Fsp3) is 0.222. The Morgan fingerprint density at radius 3 is 2.75 bits per heavy atom. The number of ether oxygens (including phenoxy) is 1. The highest BCUT2D eigenvalue weighted by Crippen LogP contribution is 2.14. The van der Waals surface area contributed by atoms with Crippen molar-refractivity contribution in [2.45, 2.75) is 12.8 Å². The van der Waals surface area contributed by atoms with Gasteiger partial charge in [0.1, 0.15) is 0 Å². The van der Waals surface area contributed by atoms with E-state index in [1.165, 1.54) is 17.4 Å². The Morgan fingerprint density at radius 2 is 2.00 bits per heavy atom. The molecule has 0 aliphatic rings. The number of methoxy groups -OCH3 is 1. The van der Waals surface area contributed by atoms with E-state index in [1.807, 2.05) is 24.3 Å². The molecule has 0 aliphatic carbocycles. The van der Waals surface area contributed by atoms with Crippen LogP contribution in [0.5, 0.6) is 6.08 Å². The normalized spacial score (nSPS) is 10.5. The van der Waals surface area contributed by atoms with Crippen LogP contribution < -0.4 is 15.8 Å². The molecule has 0 bridgehead atoms. The summed E-state index contributed by atoms with van der Waals surface area (Å²) in [5, 5.41) is 7.32.